The van der Waals surface area contributed by atoms with Gasteiger partial charge in [-0.2, -0.15) is 0 Å². The van der Waals surface area contributed by atoms with Crippen LogP contribution in [0.5, 0.6) is 0 Å². The van der Waals surface area contributed by atoms with Crippen LogP contribution < -0.4 is 0 Å². The number of benzene rings is 1. The number of hydrogen-bond acceptors (Lipinski definition) is 5. The Morgan fingerprint density at radius 2 is 2.10 bits per heavy atom. The number of rotatable bonds is 7. The first-order valence-corrected chi connectivity index (χ1v) is 11.4. The quantitative estimate of drug-likeness (QED) is 0.679. The van der Waals surface area contributed by atoms with Crippen molar-refractivity contribution in [3.05, 3.63) is 24.0 Å². The average Bonchev–Trinajstić information content (AvgIpc) is 3.01. The van der Waals surface area contributed by atoms with Crippen LogP contribution in [0, 0.1) is 0 Å². The monoisotopic (exact) mass is 422 g/mol. The van der Waals surface area contributed by atoms with Gasteiger partial charge in [-0.05, 0) is 38.0 Å². The first-order chi connectivity index (χ1) is 13.7. The lowest BCUT2D eigenvalue weighted by Gasteiger charge is -2.32. The number of hydrogen-bond donors (Lipinski definition) is 0. The Labute approximate surface area is 172 Å². The molecule has 1 aromatic carbocycles. The molecule has 1 atom stereocenters. The van der Waals surface area contributed by atoms with Gasteiger partial charge in [-0.15, -0.1) is 0 Å². The summed E-state index contributed by atoms with van der Waals surface area (Å²) in [7, 11) is 1.39. The van der Waals surface area contributed by atoms with Crippen LogP contribution in [0.1, 0.15) is 32.0 Å². The van der Waals surface area contributed by atoms with Crippen LogP contribution >= 0.6 is 0 Å². The summed E-state index contributed by atoms with van der Waals surface area (Å²) in [6.07, 6.45) is 2.98. The number of amides is 1. The Hall–Kier alpha value is -1.97. The molecule has 160 valence electrons. The number of carbonyl (C=O) groups excluding carboxylic acids is 1. The number of imidazole rings is 1. The van der Waals surface area contributed by atoms with E-state index in [9.17, 15) is 13.2 Å². The van der Waals surface area contributed by atoms with Gasteiger partial charge in [0.1, 0.15) is 5.82 Å². The highest BCUT2D eigenvalue weighted by Crippen LogP contribution is 2.22. The summed E-state index contributed by atoms with van der Waals surface area (Å²) in [4.78, 5) is 19.3. The van der Waals surface area contributed by atoms with Crippen molar-refractivity contribution in [2.45, 2.75) is 43.6 Å². The van der Waals surface area contributed by atoms with Crippen molar-refractivity contribution >= 4 is 27.0 Å². The highest BCUT2D eigenvalue weighted by atomic mass is 32.2. The van der Waals surface area contributed by atoms with E-state index in [1.54, 1.807) is 18.2 Å². The first-order valence-electron chi connectivity index (χ1n) is 10.0. The summed E-state index contributed by atoms with van der Waals surface area (Å²) in [5.41, 5.74) is 1.46. The van der Waals surface area contributed by atoms with Crippen LogP contribution in [0.15, 0.2) is 23.1 Å². The zero-order valence-corrected chi connectivity index (χ0v) is 18.4. The summed E-state index contributed by atoms with van der Waals surface area (Å²) in [6, 6.07) is 4.95. The van der Waals surface area contributed by atoms with Gasteiger partial charge in [0.15, 0.2) is 0 Å². The topological polar surface area (TPSA) is 84.7 Å². The summed E-state index contributed by atoms with van der Waals surface area (Å²) in [5.74, 6) is 0.878. The summed E-state index contributed by atoms with van der Waals surface area (Å²) >= 11 is 0. The third kappa shape index (κ3) is 4.62. The number of fused-ring (bicyclic) bond motifs is 1. The second kappa shape index (κ2) is 8.81. The average molecular weight is 423 g/mol. The molecule has 1 fully saturated rings. The molecule has 2 aromatic rings. The second-order valence-corrected chi connectivity index (χ2v) is 9.74. The largest absolute Gasteiger partial charge is 0.377 e. The SMILES string of the molecule is CCO[C@@H]1CCCN(C(=O)CCc2nc3cc(S(=O)(=O)N(C)C)ccc3n2C)C1. The highest BCUT2D eigenvalue weighted by Gasteiger charge is 2.24. The van der Waals surface area contributed by atoms with Crippen LogP contribution in [-0.2, 0) is 33.0 Å². The molecule has 0 unspecified atom stereocenters. The maximum Gasteiger partial charge on any atom is 0.242 e. The van der Waals surface area contributed by atoms with Gasteiger partial charge in [-0.3, -0.25) is 4.79 Å². The van der Waals surface area contributed by atoms with E-state index in [1.807, 2.05) is 23.4 Å². The van der Waals surface area contributed by atoms with Crippen LogP contribution in [0.4, 0.5) is 0 Å². The normalized spacial score (nSPS) is 18.0. The number of likely N-dealkylation sites (tertiary alicyclic amines) is 1. The van der Waals surface area contributed by atoms with Crippen molar-refractivity contribution in [1.82, 2.24) is 18.8 Å². The molecular formula is C20H30N4O4S. The van der Waals surface area contributed by atoms with Gasteiger partial charge < -0.3 is 14.2 Å². The molecule has 3 rings (SSSR count). The molecule has 1 aliphatic rings. The molecule has 1 aliphatic heterocycles. The Morgan fingerprint density at radius 3 is 2.79 bits per heavy atom. The number of aryl methyl sites for hydroxylation is 2. The Kier molecular flexibility index (Phi) is 6.60. The number of aromatic nitrogens is 2. The van der Waals surface area contributed by atoms with Crippen molar-refractivity contribution in [2.75, 3.05) is 33.8 Å². The third-order valence-electron chi connectivity index (χ3n) is 5.42. The lowest BCUT2D eigenvalue weighted by Crippen LogP contribution is -2.43. The van der Waals surface area contributed by atoms with E-state index in [0.717, 1.165) is 30.7 Å². The van der Waals surface area contributed by atoms with E-state index in [1.165, 1.54) is 18.4 Å². The summed E-state index contributed by atoms with van der Waals surface area (Å²) < 4.78 is 33.5. The lowest BCUT2D eigenvalue weighted by molar-refractivity contribution is -0.135. The lowest BCUT2D eigenvalue weighted by atomic mass is 10.1. The van der Waals surface area contributed by atoms with E-state index < -0.39 is 10.0 Å². The van der Waals surface area contributed by atoms with Crippen LogP contribution in [-0.4, -0.2) is 73.0 Å². The Morgan fingerprint density at radius 1 is 1.34 bits per heavy atom. The van der Waals surface area contributed by atoms with Crippen LogP contribution in [0.25, 0.3) is 11.0 Å². The molecule has 1 amide bonds. The van der Waals surface area contributed by atoms with Crippen LogP contribution in [0.2, 0.25) is 0 Å². The van der Waals surface area contributed by atoms with Gasteiger partial charge in [-0.1, -0.05) is 0 Å². The molecule has 0 spiro atoms. The van der Waals surface area contributed by atoms with Gasteiger partial charge in [0.2, 0.25) is 15.9 Å². The maximum atomic E-state index is 12.7. The predicted octanol–water partition coefficient (Wildman–Crippen LogP) is 1.78. The molecule has 0 bridgehead atoms. The Bertz CT molecular complexity index is 982. The predicted molar refractivity (Wildman–Crippen MR) is 111 cm³/mol. The van der Waals surface area contributed by atoms with E-state index in [4.69, 9.17) is 4.74 Å². The number of sulfonamides is 1. The molecule has 2 heterocycles. The molecule has 8 nitrogen and oxygen atoms in total. The van der Waals surface area contributed by atoms with E-state index in [-0.39, 0.29) is 16.9 Å². The fourth-order valence-corrected chi connectivity index (χ4v) is 4.66. The maximum absolute atomic E-state index is 12.7. The summed E-state index contributed by atoms with van der Waals surface area (Å²) in [6.45, 7) is 4.07. The smallest absolute Gasteiger partial charge is 0.242 e. The van der Waals surface area contributed by atoms with Crippen molar-refractivity contribution in [3.63, 3.8) is 0 Å². The minimum absolute atomic E-state index is 0.109. The molecule has 0 saturated carbocycles. The van der Waals surface area contributed by atoms with Gasteiger partial charge in [0, 0.05) is 53.7 Å². The summed E-state index contributed by atoms with van der Waals surface area (Å²) in [5, 5.41) is 0. The Balaban J connectivity index is 1.72. The minimum atomic E-state index is -3.51. The fourth-order valence-electron chi connectivity index (χ4n) is 3.74. The zero-order chi connectivity index (χ0) is 21.2. The number of piperidine rings is 1. The number of carbonyl (C=O) groups is 1. The van der Waals surface area contributed by atoms with E-state index >= 15 is 0 Å². The number of nitrogens with zero attached hydrogens (tertiary/aromatic N) is 4. The van der Waals surface area contributed by atoms with Gasteiger partial charge in [-0.25, -0.2) is 17.7 Å². The van der Waals surface area contributed by atoms with Crippen LogP contribution in [0.3, 0.4) is 0 Å². The molecular weight excluding hydrogens is 392 g/mol. The fraction of sp³-hybridized carbons (Fsp3) is 0.600. The van der Waals surface area contributed by atoms with E-state index in [2.05, 4.69) is 4.98 Å². The second-order valence-electron chi connectivity index (χ2n) is 7.58. The third-order valence-corrected chi connectivity index (χ3v) is 7.23. The van der Waals surface area contributed by atoms with Gasteiger partial charge in [0.05, 0.1) is 22.0 Å². The first kappa shape index (κ1) is 21.7. The van der Waals surface area contributed by atoms with Crippen molar-refractivity contribution in [1.29, 1.82) is 0 Å². The molecule has 9 heteroatoms. The van der Waals surface area contributed by atoms with Gasteiger partial charge in [0.25, 0.3) is 0 Å². The van der Waals surface area contributed by atoms with Gasteiger partial charge >= 0.3 is 0 Å². The molecule has 1 aromatic heterocycles. The highest BCUT2D eigenvalue weighted by molar-refractivity contribution is 7.89. The van der Waals surface area contributed by atoms with Crippen molar-refractivity contribution in [3.8, 4) is 0 Å². The zero-order valence-electron chi connectivity index (χ0n) is 17.6. The van der Waals surface area contributed by atoms with Crippen molar-refractivity contribution < 1.29 is 17.9 Å². The molecule has 0 N–H and O–H groups in total. The van der Waals surface area contributed by atoms with Crippen molar-refractivity contribution in [2.24, 2.45) is 7.05 Å². The minimum Gasteiger partial charge on any atom is -0.377 e. The number of ether oxygens (including phenoxy) is 1. The molecule has 29 heavy (non-hydrogen) atoms. The molecule has 0 radical (unpaired) electrons. The molecule has 0 aliphatic carbocycles. The molecule has 1 saturated heterocycles. The standard InChI is InChI=1S/C20H30N4O4S/c1-5-28-15-7-6-12-24(14-15)20(25)11-10-19-21-17-13-16(29(26,27)22(2)3)8-9-18(17)23(19)4/h8-9,13,15H,5-7,10-12,14H2,1-4H3/t15-/m1/s1. The van der Waals surface area contributed by atoms with E-state index in [0.29, 0.717) is 31.5 Å².